The predicted molar refractivity (Wildman–Crippen MR) is 61.7 cm³/mol. The van der Waals surface area contributed by atoms with E-state index in [0.717, 1.165) is 0 Å². The van der Waals surface area contributed by atoms with E-state index in [4.69, 9.17) is 5.73 Å². The molecule has 0 amide bonds. The Hall–Kier alpha value is -0.340. The maximum Gasteiger partial charge on any atom is 0.112 e. The predicted octanol–water partition coefficient (Wildman–Crippen LogP) is 3.18. The summed E-state index contributed by atoms with van der Waals surface area (Å²) in [7, 11) is 0. The van der Waals surface area contributed by atoms with E-state index in [0.29, 0.717) is 0 Å². The van der Waals surface area contributed by atoms with Crippen LogP contribution in [-0.2, 0) is 0 Å². The Balaban J connectivity index is -0.0000000667. The Labute approximate surface area is 96.8 Å². The lowest BCUT2D eigenvalue weighted by molar-refractivity contribution is 1.11. The molecule has 1 atom stereocenters. The van der Waals surface area contributed by atoms with Crippen LogP contribution in [0.3, 0.4) is 0 Å². The number of halogens is 6. The van der Waals surface area contributed by atoms with E-state index in [1.165, 1.54) is 4.90 Å². The quantitative estimate of drug-likeness (QED) is 0.298. The van der Waals surface area contributed by atoms with Crippen LogP contribution in [0.25, 0.3) is 0 Å². The van der Waals surface area contributed by atoms with Crippen molar-refractivity contribution in [1.29, 1.82) is 0 Å². The number of thioether (sulfide) groups is 1. The average molecular weight is 318 g/mol. The second kappa shape index (κ2) is 16.1. The summed E-state index contributed by atoms with van der Waals surface area (Å²) in [5.41, 5.74) is 5.50. The Kier molecular flexibility index (Phi) is 31.5. The lowest BCUT2D eigenvalue weighted by Gasteiger charge is -2.00. The van der Waals surface area contributed by atoms with Gasteiger partial charge in [-0.05, 0) is 12.1 Å². The number of nitrogens with two attached hydrogens (primary N) is 1. The van der Waals surface area contributed by atoms with Crippen molar-refractivity contribution in [2.75, 3.05) is 0 Å². The molecule has 0 radical (unpaired) electrons. The third-order valence-corrected chi connectivity index (χ3v) is 2.32. The van der Waals surface area contributed by atoms with Crippen LogP contribution in [0.4, 0.5) is 23.5 Å². The first kappa shape index (κ1) is 29.3. The minimum atomic E-state index is -0.00472. The SMILES string of the molecule is F.F.F.F.F.NC(Br)Sc1ccccc1. The molecule has 0 spiro atoms. The van der Waals surface area contributed by atoms with Gasteiger partial charge >= 0.3 is 0 Å². The molecular formula is C7H13BrF5NS. The van der Waals surface area contributed by atoms with Gasteiger partial charge in [-0.3, -0.25) is 23.5 Å². The summed E-state index contributed by atoms with van der Waals surface area (Å²) in [6, 6.07) is 10.1. The molecule has 2 N–H and O–H groups in total. The lowest BCUT2D eigenvalue weighted by atomic mass is 10.4. The van der Waals surface area contributed by atoms with Crippen LogP contribution in [0, 0.1) is 0 Å². The molecule has 0 bridgehead atoms. The van der Waals surface area contributed by atoms with E-state index in [9.17, 15) is 0 Å². The van der Waals surface area contributed by atoms with E-state index in [2.05, 4.69) is 15.9 Å². The second-order valence-corrected chi connectivity index (χ2v) is 4.59. The number of hydrogen-bond donors (Lipinski definition) is 1. The molecule has 15 heavy (non-hydrogen) atoms. The van der Waals surface area contributed by atoms with Crippen molar-refractivity contribution in [2.24, 2.45) is 5.73 Å². The maximum absolute atomic E-state index is 5.50. The van der Waals surface area contributed by atoms with Crippen molar-refractivity contribution < 1.29 is 23.5 Å². The third kappa shape index (κ3) is 13.7. The van der Waals surface area contributed by atoms with Crippen molar-refractivity contribution in [2.45, 2.75) is 9.18 Å². The molecular weight excluding hydrogens is 305 g/mol. The highest BCUT2D eigenvalue weighted by atomic mass is 79.9. The molecule has 0 aliphatic carbocycles. The molecule has 1 unspecified atom stereocenters. The fourth-order valence-corrected chi connectivity index (χ4v) is 1.85. The Morgan fingerprint density at radius 1 is 0.933 bits per heavy atom. The summed E-state index contributed by atoms with van der Waals surface area (Å²) < 4.78 is -0.00472. The highest BCUT2D eigenvalue weighted by molar-refractivity contribution is 9.11. The fourth-order valence-electron chi connectivity index (χ4n) is 0.629. The molecule has 0 saturated heterocycles. The van der Waals surface area contributed by atoms with Crippen molar-refractivity contribution >= 4 is 27.7 Å². The van der Waals surface area contributed by atoms with Crippen LogP contribution in [0.15, 0.2) is 35.2 Å². The first-order valence-corrected chi connectivity index (χ1v) is 4.70. The Morgan fingerprint density at radius 2 is 1.33 bits per heavy atom. The number of rotatable bonds is 2. The largest absolute Gasteiger partial charge is 0.310 e. The van der Waals surface area contributed by atoms with Gasteiger partial charge in [0.05, 0.1) is 0 Å². The van der Waals surface area contributed by atoms with Gasteiger partial charge in [0, 0.05) is 4.90 Å². The molecule has 0 aliphatic rings. The Bertz CT molecular complexity index is 202. The molecule has 0 heterocycles. The van der Waals surface area contributed by atoms with E-state index >= 15 is 0 Å². The molecule has 94 valence electrons. The number of hydrogen-bond acceptors (Lipinski definition) is 2. The highest BCUT2D eigenvalue weighted by Crippen LogP contribution is 2.22. The van der Waals surface area contributed by atoms with Gasteiger partial charge in [-0.15, -0.1) is 0 Å². The van der Waals surface area contributed by atoms with Crippen molar-refractivity contribution in [3.63, 3.8) is 0 Å². The smallest absolute Gasteiger partial charge is 0.112 e. The summed E-state index contributed by atoms with van der Waals surface area (Å²) in [6.45, 7) is 0. The lowest BCUT2D eigenvalue weighted by Crippen LogP contribution is -2.03. The van der Waals surface area contributed by atoms with Gasteiger partial charge in [0.15, 0.2) is 0 Å². The molecule has 0 aromatic heterocycles. The zero-order valence-electron chi connectivity index (χ0n) is 7.37. The van der Waals surface area contributed by atoms with E-state index in [1.807, 2.05) is 30.3 Å². The summed E-state index contributed by atoms with van der Waals surface area (Å²) in [5.74, 6) is 0. The molecule has 0 saturated carbocycles. The normalized spacial score (nSPS) is 8.67. The van der Waals surface area contributed by atoms with Gasteiger partial charge in [-0.2, -0.15) is 0 Å². The van der Waals surface area contributed by atoms with Crippen LogP contribution in [0.1, 0.15) is 0 Å². The van der Waals surface area contributed by atoms with Crippen LogP contribution in [0.2, 0.25) is 0 Å². The minimum absolute atomic E-state index is 0. The second-order valence-electron chi connectivity index (χ2n) is 1.78. The minimum Gasteiger partial charge on any atom is -0.310 e. The monoisotopic (exact) mass is 317 g/mol. The third-order valence-electron chi connectivity index (χ3n) is 0.992. The van der Waals surface area contributed by atoms with Crippen molar-refractivity contribution in [3.8, 4) is 0 Å². The summed E-state index contributed by atoms with van der Waals surface area (Å²) in [4.78, 5) is 1.19. The topological polar surface area (TPSA) is 26.0 Å². The van der Waals surface area contributed by atoms with Crippen LogP contribution in [-0.4, -0.2) is 4.28 Å². The van der Waals surface area contributed by atoms with E-state index < -0.39 is 0 Å². The van der Waals surface area contributed by atoms with Gasteiger partial charge in [0.25, 0.3) is 0 Å². The molecule has 8 heteroatoms. The Morgan fingerprint density at radius 3 is 1.67 bits per heavy atom. The highest BCUT2D eigenvalue weighted by Gasteiger charge is 1.96. The van der Waals surface area contributed by atoms with Crippen LogP contribution >= 0.6 is 27.7 Å². The molecule has 0 fully saturated rings. The fraction of sp³-hybridized carbons (Fsp3) is 0.143. The zero-order chi connectivity index (χ0) is 7.40. The molecule has 1 aromatic rings. The molecule has 1 nitrogen and oxygen atoms in total. The van der Waals surface area contributed by atoms with Gasteiger partial charge < -0.3 is 5.73 Å². The summed E-state index contributed by atoms with van der Waals surface area (Å²) in [6.07, 6.45) is 0. The maximum atomic E-state index is 5.50. The van der Waals surface area contributed by atoms with E-state index in [1.54, 1.807) is 11.8 Å². The molecule has 1 rings (SSSR count). The standard InChI is InChI=1S/C7H8BrNS.5FH/c8-7(9)10-6-4-2-1-3-5-6;;;;;/h1-5,7H,9H2;5*1H. The average Bonchev–Trinajstić information content (AvgIpc) is 1.88. The van der Waals surface area contributed by atoms with Gasteiger partial charge in [0.2, 0.25) is 0 Å². The van der Waals surface area contributed by atoms with Crippen molar-refractivity contribution in [3.05, 3.63) is 30.3 Å². The van der Waals surface area contributed by atoms with Crippen LogP contribution in [0.5, 0.6) is 0 Å². The van der Waals surface area contributed by atoms with E-state index in [-0.39, 0.29) is 27.8 Å². The first-order chi connectivity index (χ1) is 4.79. The number of alkyl halides is 1. The van der Waals surface area contributed by atoms with Crippen LogP contribution < -0.4 is 5.73 Å². The molecule has 1 aromatic carbocycles. The number of benzene rings is 1. The first-order valence-electron chi connectivity index (χ1n) is 2.90. The van der Waals surface area contributed by atoms with Gasteiger partial charge in [-0.1, -0.05) is 45.9 Å². The summed E-state index contributed by atoms with van der Waals surface area (Å²) >= 11 is 4.84. The van der Waals surface area contributed by atoms with Gasteiger partial charge in [-0.25, -0.2) is 0 Å². The van der Waals surface area contributed by atoms with Crippen molar-refractivity contribution in [1.82, 2.24) is 0 Å². The molecule has 0 aliphatic heterocycles. The zero-order valence-corrected chi connectivity index (χ0v) is 9.77. The summed E-state index contributed by atoms with van der Waals surface area (Å²) in [5, 5.41) is 0. The van der Waals surface area contributed by atoms with Gasteiger partial charge in [0.1, 0.15) is 4.28 Å².